The van der Waals surface area contributed by atoms with Crippen LogP contribution in [0.4, 0.5) is 16.0 Å². The largest absolute Gasteiger partial charge is 0.353 e. The molecule has 0 amide bonds. The van der Waals surface area contributed by atoms with Gasteiger partial charge >= 0.3 is 0 Å². The van der Waals surface area contributed by atoms with Crippen LogP contribution < -0.4 is 15.1 Å². The normalized spacial score (nSPS) is 18.9. The Morgan fingerprint density at radius 3 is 2.76 bits per heavy atom. The van der Waals surface area contributed by atoms with Crippen LogP contribution in [-0.4, -0.2) is 57.3 Å². The Hall–Kier alpha value is -3.59. The maximum Gasteiger partial charge on any atom is 0.154 e. The second kappa shape index (κ2) is 8.40. The van der Waals surface area contributed by atoms with Crippen LogP contribution in [0.15, 0.2) is 55.0 Å². The quantitative estimate of drug-likeness (QED) is 0.519. The van der Waals surface area contributed by atoms with Gasteiger partial charge in [0, 0.05) is 32.7 Å². The monoisotopic (exact) mass is 444 g/mol. The van der Waals surface area contributed by atoms with E-state index in [1.54, 1.807) is 24.5 Å². The Morgan fingerprint density at radius 1 is 0.970 bits per heavy atom. The van der Waals surface area contributed by atoms with Crippen molar-refractivity contribution in [2.75, 3.05) is 42.5 Å². The minimum atomic E-state index is -0.206. The van der Waals surface area contributed by atoms with Crippen LogP contribution in [-0.2, 0) is 0 Å². The number of halogens is 1. The fraction of sp³-hybridized carbons (Fsp3) is 0.333. The summed E-state index contributed by atoms with van der Waals surface area (Å²) in [6, 6.07) is 10.9. The lowest BCUT2D eigenvalue weighted by Crippen LogP contribution is -2.43. The number of anilines is 2. The minimum Gasteiger partial charge on any atom is -0.353 e. The van der Waals surface area contributed by atoms with Crippen molar-refractivity contribution >= 4 is 17.3 Å². The van der Waals surface area contributed by atoms with Gasteiger partial charge in [-0.05, 0) is 42.7 Å². The molecular weight excluding hydrogens is 419 g/mol. The highest BCUT2D eigenvalue weighted by Gasteiger charge is 2.28. The molecule has 2 fully saturated rings. The first-order valence-electron chi connectivity index (χ1n) is 11.4. The molecule has 1 atom stereocenters. The van der Waals surface area contributed by atoms with E-state index >= 15 is 0 Å². The van der Waals surface area contributed by atoms with Crippen molar-refractivity contribution in [3.05, 3.63) is 66.4 Å². The molecule has 2 aliphatic heterocycles. The first-order valence-corrected chi connectivity index (χ1v) is 11.4. The van der Waals surface area contributed by atoms with Gasteiger partial charge in [0.1, 0.15) is 28.8 Å². The zero-order chi connectivity index (χ0) is 22.2. The van der Waals surface area contributed by atoms with Crippen molar-refractivity contribution in [1.82, 2.24) is 29.9 Å². The average molecular weight is 445 g/mol. The first kappa shape index (κ1) is 20.0. The first-order chi connectivity index (χ1) is 16.3. The van der Waals surface area contributed by atoms with Crippen LogP contribution in [0.5, 0.6) is 0 Å². The van der Waals surface area contributed by atoms with Crippen molar-refractivity contribution < 1.29 is 4.39 Å². The van der Waals surface area contributed by atoms with Gasteiger partial charge in [-0.25, -0.2) is 18.9 Å². The van der Waals surface area contributed by atoms with Crippen LogP contribution in [0.2, 0.25) is 0 Å². The Balaban J connectivity index is 1.36. The van der Waals surface area contributed by atoms with Gasteiger partial charge in [0.2, 0.25) is 0 Å². The fourth-order valence-electron chi connectivity index (χ4n) is 4.82. The minimum absolute atomic E-state index is 0.105. The Morgan fingerprint density at radius 2 is 1.88 bits per heavy atom. The lowest BCUT2D eigenvalue weighted by Gasteiger charge is -2.28. The van der Waals surface area contributed by atoms with E-state index in [1.165, 1.54) is 6.07 Å². The molecule has 33 heavy (non-hydrogen) atoms. The summed E-state index contributed by atoms with van der Waals surface area (Å²) in [6.07, 6.45) is 7.37. The number of benzene rings is 1. The second-order valence-electron chi connectivity index (χ2n) is 8.51. The summed E-state index contributed by atoms with van der Waals surface area (Å²) in [7, 11) is 0. The van der Waals surface area contributed by atoms with E-state index < -0.39 is 0 Å². The summed E-state index contributed by atoms with van der Waals surface area (Å²) in [5, 5.41) is 8.29. The third-order valence-corrected chi connectivity index (χ3v) is 6.45. The zero-order valence-corrected chi connectivity index (χ0v) is 18.2. The summed E-state index contributed by atoms with van der Waals surface area (Å²) >= 11 is 0. The van der Waals surface area contributed by atoms with Gasteiger partial charge in [-0.15, -0.1) is 5.10 Å². The highest BCUT2D eigenvalue weighted by atomic mass is 19.1. The Kier molecular flexibility index (Phi) is 5.10. The Labute approximate surface area is 191 Å². The number of fused-ring (bicyclic) bond motifs is 1. The molecule has 0 bridgehead atoms. The van der Waals surface area contributed by atoms with Crippen molar-refractivity contribution in [3.8, 4) is 11.4 Å². The van der Waals surface area contributed by atoms with E-state index in [4.69, 9.17) is 10.1 Å². The molecule has 2 aliphatic rings. The van der Waals surface area contributed by atoms with Gasteiger partial charge in [-0.1, -0.05) is 12.1 Å². The second-order valence-corrected chi connectivity index (χ2v) is 8.51. The third-order valence-electron chi connectivity index (χ3n) is 6.45. The van der Waals surface area contributed by atoms with Gasteiger partial charge < -0.3 is 15.1 Å². The molecule has 168 valence electrons. The van der Waals surface area contributed by atoms with Crippen molar-refractivity contribution in [2.24, 2.45) is 0 Å². The van der Waals surface area contributed by atoms with Gasteiger partial charge in [0.05, 0.1) is 24.6 Å². The highest BCUT2D eigenvalue weighted by molar-refractivity contribution is 5.61. The van der Waals surface area contributed by atoms with Crippen LogP contribution in [0.1, 0.15) is 24.4 Å². The molecule has 6 rings (SSSR count). The van der Waals surface area contributed by atoms with Crippen LogP contribution in [0.25, 0.3) is 17.0 Å². The summed E-state index contributed by atoms with van der Waals surface area (Å²) in [5.41, 5.74) is 3.28. The molecule has 3 aromatic heterocycles. The molecule has 1 unspecified atom stereocenters. The molecule has 9 heteroatoms. The standard InChI is InChI=1S/C24H25FN8/c25-18-4-1-3-17(13-18)20-5-2-10-32(20)23-7-6-22-28-15-21(33(22)30-23)19-14-27-16-24(29-19)31-11-8-26-9-12-31/h1,3-4,6-7,13-16,20,26H,2,5,8-12H2. The molecular formula is C24H25FN8. The van der Waals surface area contributed by atoms with Crippen LogP contribution in [0.3, 0.4) is 0 Å². The van der Waals surface area contributed by atoms with Gasteiger partial charge in [-0.2, -0.15) is 0 Å². The molecule has 0 spiro atoms. The molecule has 1 N–H and O–H groups in total. The predicted molar refractivity (Wildman–Crippen MR) is 125 cm³/mol. The van der Waals surface area contributed by atoms with Crippen molar-refractivity contribution in [1.29, 1.82) is 0 Å². The molecule has 0 radical (unpaired) electrons. The predicted octanol–water partition coefficient (Wildman–Crippen LogP) is 3.08. The molecule has 1 aromatic carbocycles. The van der Waals surface area contributed by atoms with E-state index in [0.29, 0.717) is 0 Å². The molecule has 0 aliphatic carbocycles. The molecule has 4 aromatic rings. The van der Waals surface area contributed by atoms with Crippen molar-refractivity contribution in [3.63, 3.8) is 0 Å². The summed E-state index contributed by atoms with van der Waals surface area (Å²) in [4.78, 5) is 18.3. The van der Waals surface area contributed by atoms with E-state index in [1.807, 2.05) is 28.9 Å². The number of nitrogens with one attached hydrogen (secondary N) is 1. The zero-order valence-electron chi connectivity index (χ0n) is 18.2. The van der Waals surface area contributed by atoms with Gasteiger partial charge in [-0.3, -0.25) is 4.98 Å². The highest BCUT2D eigenvalue weighted by Crippen LogP contribution is 2.35. The number of rotatable bonds is 4. The van der Waals surface area contributed by atoms with Crippen LogP contribution >= 0.6 is 0 Å². The lowest BCUT2D eigenvalue weighted by molar-refractivity contribution is 0.584. The topological polar surface area (TPSA) is 74.5 Å². The van der Waals surface area contributed by atoms with E-state index in [0.717, 1.165) is 79.8 Å². The number of hydrogen-bond acceptors (Lipinski definition) is 7. The SMILES string of the molecule is Fc1cccc(C2CCCN2c2ccc3ncc(-c4cncc(N5CCNCC5)n4)n3n2)c1. The molecule has 8 nitrogen and oxygen atoms in total. The third kappa shape index (κ3) is 3.78. The maximum atomic E-state index is 13.9. The van der Waals surface area contributed by atoms with E-state index in [2.05, 4.69) is 25.1 Å². The number of hydrogen-bond donors (Lipinski definition) is 1. The lowest BCUT2D eigenvalue weighted by atomic mass is 10.0. The molecule has 0 saturated carbocycles. The van der Waals surface area contributed by atoms with E-state index in [9.17, 15) is 4.39 Å². The summed E-state index contributed by atoms with van der Waals surface area (Å²) in [5.74, 6) is 1.51. The number of aromatic nitrogens is 5. The number of imidazole rings is 1. The maximum absolute atomic E-state index is 13.9. The fourth-order valence-corrected chi connectivity index (χ4v) is 4.82. The van der Waals surface area contributed by atoms with E-state index in [-0.39, 0.29) is 11.9 Å². The average Bonchev–Trinajstić information content (AvgIpc) is 3.52. The number of nitrogens with zero attached hydrogens (tertiary/aromatic N) is 7. The van der Waals surface area contributed by atoms with Gasteiger partial charge in [0.25, 0.3) is 0 Å². The number of piperazine rings is 1. The van der Waals surface area contributed by atoms with Gasteiger partial charge in [0.15, 0.2) is 5.65 Å². The smallest absolute Gasteiger partial charge is 0.154 e. The Bertz CT molecular complexity index is 1280. The molecule has 2 saturated heterocycles. The summed E-state index contributed by atoms with van der Waals surface area (Å²) in [6.45, 7) is 4.57. The van der Waals surface area contributed by atoms with Crippen LogP contribution in [0, 0.1) is 5.82 Å². The summed E-state index contributed by atoms with van der Waals surface area (Å²) < 4.78 is 15.7. The van der Waals surface area contributed by atoms with Crippen molar-refractivity contribution in [2.45, 2.75) is 18.9 Å². The molecule has 5 heterocycles.